The van der Waals surface area contributed by atoms with Crippen molar-refractivity contribution in [3.8, 4) is 0 Å². The molecule has 0 bridgehead atoms. The highest BCUT2D eigenvalue weighted by atomic mass is 32.2. The first kappa shape index (κ1) is 16.9. The molecule has 1 aromatic rings. The molecular formula is C14H25N3O2S. The molecule has 20 heavy (non-hydrogen) atoms. The van der Waals surface area contributed by atoms with Gasteiger partial charge in [-0.2, -0.15) is 12.7 Å². The quantitative estimate of drug-likeness (QED) is 0.740. The van der Waals surface area contributed by atoms with Crippen LogP contribution < -0.4 is 9.62 Å². The second-order valence-electron chi connectivity index (χ2n) is 4.77. The fraction of sp³-hybridized carbons (Fsp3) is 0.571. The molecule has 6 heteroatoms. The second-order valence-corrected chi connectivity index (χ2v) is 6.84. The van der Waals surface area contributed by atoms with Gasteiger partial charge in [0.05, 0.1) is 5.69 Å². The van der Waals surface area contributed by atoms with Crippen LogP contribution in [0.1, 0.15) is 18.9 Å². The first-order valence-electron chi connectivity index (χ1n) is 6.87. The SMILES string of the molecule is CCc1ccc(N(C)S(=O)(=O)N(C)CCCNC)cc1. The second kappa shape index (κ2) is 7.61. The minimum atomic E-state index is -3.45. The average Bonchev–Trinajstić information content (AvgIpc) is 2.46. The summed E-state index contributed by atoms with van der Waals surface area (Å²) >= 11 is 0. The Morgan fingerprint density at radius 3 is 2.25 bits per heavy atom. The third kappa shape index (κ3) is 4.19. The van der Waals surface area contributed by atoms with Gasteiger partial charge in [-0.15, -0.1) is 0 Å². The molecule has 0 aliphatic rings. The van der Waals surface area contributed by atoms with Gasteiger partial charge >= 0.3 is 10.2 Å². The molecule has 1 aromatic carbocycles. The van der Waals surface area contributed by atoms with Crippen LogP contribution in [-0.4, -0.2) is 47.0 Å². The Morgan fingerprint density at radius 2 is 1.75 bits per heavy atom. The molecule has 0 aromatic heterocycles. The van der Waals surface area contributed by atoms with Crippen molar-refractivity contribution in [1.29, 1.82) is 0 Å². The van der Waals surface area contributed by atoms with Crippen molar-refractivity contribution in [3.63, 3.8) is 0 Å². The summed E-state index contributed by atoms with van der Waals surface area (Å²) < 4.78 is 27.5. The van der Waals surface area contributed by atoms with Crippen LogP contribution in [0, 0.1) is 0 Å². The summed E-state index contributed by atoms with van der Waals surface area (Å²) in [6.07, 6.45) is 1.73. The maximum Gasteiger partial charge on any atom is 0.303 e. The summed E-state index contributed by atoms with van der Waals surface area (Å²) in [7, 11) is 1.61. The van der Waals surface area contributed by atoms with Crippen LogP contribution in [0.25, 0.3) is 0 Å². The van der Waals surface area contributed by atoms with Crippen LogP contribution in [0.2, 0.25) is 0 Å². The minimum absolute atomic E-state index is 0.501. The van der Waals surface area contributed by atoms with Crippen LogP contribution >= 0.6 is 0 Å². The molecule has 0 spiro atoms. The Hall–Kier alpha value is -1.11. The maximum absolute atomic E-state index is 12.4. The van der Waals surface area contributed by atoms with Crippen molar-refractivity contribution in [2.75, 3.05) is 38.5 Å². The van der Waals surface area contributed by atoms with Gasteiger partial charge in [-0.25, -0.2) is 0 Å². The van der Waals surface area contributed by atoms with E-state index in [1.807, 2.05) is 31.3 Å². The van der Waals surface area contributed by atoms with Gasteiger partial charge in [-0.3, -0.25) is 4.31 Å². The summed E-state index contributed by atoms with van der Waals surface area (Å²) in [5.74, 6) is 0. The number of aryl methyl sites for hydroxylation is 1. The summed E-state index contributed by atoms with van der Waals surface area (Å²) in [6.45, 7) is 3.38. The van der Waals surface area contributed by atoms with Crippen molar-refractivity contribution in [2.45, 2.75) is 19.8 Å². The first-order chi connectivity index (χ1) is 9.43. The third-order valence-corrected chi connectivity index (χ3v) is 5.22. The zero-order chi connectivity index (χ0) is 15.2. The lowest BCUT2D eigenvalue weighted by molar-refractivity contribution is 0.457. The number of anilines is 1. The molecule has 0 amide bonds. The minimum Gasteiger partial charge on any atom is -0.320 e. The van der Waals surface area contributed by atoms with E-state index in [9.17, 15) is 8.42 Å². The van der Waals surface area contributed by atoms with E-state index in [-0.39, 0.29) is 0 Å². The predicted octanol–water partition coefficient (Wildman–Crippen LogP) is 1.47. The Morgan fingerprint density at radius 1 is 1.15 bits per heavy atom. The number of hydrogen-bond acceptors (Lipinski definition) is 3. The number of nitrogens with zero attached hydrogens (tertiary/aromatic N) is 2. The molecule has 1 rings (SSSR count). The number of rotatable bonds is 8. The molecule has 0 fully saturated rings. The molecule has 0 saturated carbocycles. The molecule has 0 aliphatic carbocycles. The van der Waals surface area contributed by atoms with E-state index in [4.69, 9.17) is 0 Å². The largest absolute Gasteiger partial charge is 0.320 e. The van der Waals surface area contributed by atoms with Crippen LogP contribution in [0.3, 0.4) is 0 Å². The van der Waals surface area contributed by atoms with Gasteiger partial charge in [0.25, 0.3) is 0 Å². The van der Waals surface area contributed by atoms with Gasteiger partial charge in [-0.05, 0) is 44.1 Å². The smallest absolute Gasteiger partial charge is 0.303 e. The molecule has 0 saturated heterocycles. The lowest BCUT2D eigenvalue weighted by Gasteiger charge is -2.26. The van der Waals surface area contributed by atoms with Crippen LogP contribution in [0.4, 0.5) is 5.69 Å². The number of benzene rings is 1. The predicted molar refractivity (Wildman–Crippen MR) is 84.3 cm³/mol. The Kier molecular flexibility index (Phi) is 6.45. The van der Waals surface area contributed by atoms with E-state index in [1.54, 1.807) is 14.1 Å². The Balaban J connectivity index is 2.79. The van der Waals surface area contributed by atoms with Crippen LogP contribution in [-0.2, 0) is 16.6 Å². The molecule has 0 aliphatic heterocycles. The summed E-state index contributed by atoms with van der Waals surface area (Å²) in [4.78, 5) is 0. The summed E-state index contributed by atoms with van der Waals surface area (Å²) in [5.41, 5.74) is 1.88. The van der Waals surface area contributed by atoms with Crippen LogP contribution in [0.5, 0.6) is 0 Å². The zero-order valence-corrected chi connectivity index (χ0v) is 13.6. The van der Waals surface area contributed by atoms with Gasteiger partial charge < -0.3 is 5.32 Å². The van der Waals surface area contributed by atoms with E-state index < -0.39 is 10.2 Å². The number of hydrogen-bond donors (Lipinski definition) is 1. The topological polar surface area (TPSA) is 52.7 Å². The van der Waals surface area contributed by atoms with Crippen molar-refractivity contribution >= 4 is 15.9 Å². The number of nitrogens with one attached hydrogen (secondary N) is 1. The van der Waals surface area contributed by atoms with E-state index >= 15 is 0 Å². The molecule has 1 N–H and O–H groups in total. The molecule has 0 heterocycles. The standard InChI is InChI=1S/C14H25N3O2S/c1-5-13-7-9-14(10-8-13)17(4)20(18,19)16(3)12-6-11-15-2/h7-10,15H,5-6,11-12H2,1-4H3. The lowest BCUT2D eigenvalue weighted by Crippen LogP contribution is -2.40. The first-order valence-corrected chi connectivity index (χ1v) is 8.27. The summed E-state index contributed by atoms with van der Waals surface area (Å²) in [5, 5.41) is 3.01. The van der Waals surface area contributed by atoms with Crippen molar-refractivity contribution in [2.24, 2.45) is 0 Å². The zero-order valence-electron chi connectivity index (χ0n) is 12.8. The maximum atomic E-state index is 12.4. The molecule has 0 radical (unpaired) electrons. The van der Waals surface area contributed by atoms with Crippen molar-refractivity contribution < 1.29 is 8.42 Å². The fourth-order valence-corrected chi connectivity index (χ4v) is 3.04. The van der Waals surface area contributed by atoms with E-state index in [0.717, 1.165) is 19.4 Å². The fourth-order valence-electron chi connectivity index (χ4n) is 1.88. The van der Waals surface area contributed by atoms with E-state index in [1.165, 1.54) is 14.2 Å². The summed E-state index contributed by atoms with van der Waals surface area (Å²) in [6, 6.07) is 7.61. The molecule has 0 atom stereocenters. The molecule has 5 nitrogen and oxygen atoms in total. The van der Waals surface area contributed by atoms with Gasteiger partial charge in [0, 0.05) is 20.6 Å². The average molecular weight is 299 g/mol. The Bertz CT molecular complexity index is 500. The van der Waals surface area contributed by atoms with Crippen LogP contribution in [0.15, 0.2) is 24.3 Å². The van der Waals surface area contributed by atoms with E-state index in [0.29, 0.717) is 12.2 Å². The molecular weight excluding hydrogens is 274 g/mol. The van der Waals surface area contributed by atoms with Gasteiger partial charge in [0.2, 0.25) is 0 Å². The highest BCUT2D eigenvalue weighted by Gasteiger charge is 2.23. The molecule has 0 unspecified atom stereocenters. The van der Waals surface area contributed by atoms with E-state index in [2.05, 4.69) is 12.2 Å². The Labute approximate surface area is 122 Å². The highest BCUT2D eigenvalue weighted by molar-refractivity contribution is 7.90. The normalized spacial score (nSPS) is 11.8. The monoisotopic (exact) mass is 299 g/mol. The third-order valence-electron chi connectivity index (χ3n) is 3.35. The van der Waals surface area contributed by atoms with Gasteiger partial charge in [0.1, 0.15) is 0 Å². The van der Waals surface area contributed by atoms with Gasteiger partial charge in [-0.1, -0.05) is 19.1 Å². The molecule has 114 valence electrons. The lowest BCUT2D eigenvalue weighted by atomic mass is 10.1. The van der Waals surface area contributed by atoms with Gasteiger partial charge in [0.15, 0.2) is 0 Å². The van der Waals surface area contributed by atoms with Crippen molar-refractivity contribution in [1.82, 2.24) is 9.62 Å². The highest BCUT2D eigenvalue weighted by Crippen LogP contribution is 2.19. The van der Waals surface area contributed by atoms with Crippen molar-refractivity contribution in [3.05, 3.63) is 29.8 Å².